The summed E-state index contributed by atoms with van der Waals surface area (Å²) in [5.41, 5.74) is 13.2. The number of anilines is 1. The minimum absolute atomic E-state index is 0.315. The van der Waals surface area contributed by atoms with Gasteiger partial charge in [0.2, 0.25) is 0 Å². The smallest absolute Gasteiger partial charge is 0.123 e. The number of rotatable bonds is 3. The topological polar surface area (TPSA) is 72.8 Å². The van der Waals surface area contributed by atoms with Gasteiger partial charge in [0.15, 0.2) is 0 Å². The third-order valence-corrected chi connectivity index (χ3v) is 1.14. The fraction of sp³-hybridized carbons (Fsp3) is 0. The largest absolute Gasteiger partial charge is 0.228 e. The summed E-state index contributed by atoms with van der Waals surface area (Å²) in [6.45, 7) is 0. The lowest BCUT2D eigenvalue weighted by Gasteiger charge is -1.98. The van der Waals surface area contributed by atoms with Crippen LogP contribution in [0, 0.1) is 5.82 Å². The fourth-order valence-corrected chi connectivity index (χ4v) is 0.645. The van der Waals surface area contributed by atoms with E-state index in [1.54, 1.807) is 0 Å². The van der Waals surface area contributed by atoms with Crippen LogP contribution in [0.1, 0.15) is 0 Å². The molecule has 12 heavy (non-hydrogen) atoms. The zero-order chi connectivity index (χ0) is 8.81. The molecular weight excluding hydrogens is 161 g/mol. The van der Waals surface area contributed by atoms with Crippen LogP contribution >= 0.6 is 0 Å². The summed E-state index contributed by atoms with van der Waals surface area (Å²) < 4.78 is 12.3. The highest BCUT2D eigenvalue weighted by Gasteiger charge is 1.90. The van der Waals surface area contributed by atoms with Gasteiger partial charge in [0, 0.05) is 5.22 Å². The van der Waals surface area contributed by atoms with Crippen molar-refractivity contribution < 1.29 is 4.39 Å². The molecule has 1 rings (SSSR count). The normalized spacial score (nSPS) is 8.42. The molecule has 1 aromatic carbocycles. The zero-order valence-corrected chi connectivity index (χ0v) is 6.03. The van der Waals surface area contributed by atoms with E-state index in [0.717, 1.165) is 0 Å². The van der Waals surface area contributed by atoms with Gasteiger partial charge in [-0.1, -0.05) is 0 Å². The molecule has 0 unspecified atom stereocenters. The summed E-state index contributed by atoms with van der Waals surface area (Å²) in [4.78, 5) is 2.45. The van der Waals surface area contributed by atoms with Crippen LogP contribution in [0.5, 0.6) is 0 Å². The van der Waals surface area contributed by atoms with Crippen molar-refractivity contribution in [2.75, 3.05) is 5.43 Å². The van der Waals surface area contributed by atoms with Gasteiger partial charge in [0.05, 0.1) is 5.69 Å². The van der Waals surface area contributed by atoms with E-state index in [4.69, 9.17) is 5.53 Å². The first-order valence-corrected chi connectivity index (χ1v) is 3.13. The molecule has 1 aromatic rings. The monoisotopic (exact) mass is 167 g/mol. The van der Waals surface area contributed by atoms with Gasteiger partial charge in [0.25, 0.3) is 0 Å². The molecule has 0 bridgehead atoms. The van der Waals surface area contributed by atoms with Gasteiger partial charge in [-0.15, -0.1) is 5.53 Å². The minimum Gasteiger partial charge on any atom is -0.228 e. The molecule has 0 fully saturated rings. The number of nitrogens with zero attached hydrogens (tertiary/aromatic N) is 3. The van der Waals surface area contributed by atoms with Crippen molar-refractivity contribution in [2.24, 2.45) is 5.22 Å². The molecule has 0 amide bonds. The van der Waals surface area contributed by atoms with E-state index in [1.807, 2.05) is 0 Å². The van der Waals surface area contributed by atoms with Crippen LogP contribution in [0.3, 0.4) is 0 Å². The summed E-state index contributed by atoms with van der Waals surface area (Å²) in [6, 6.07) is 5.60. The SMILES string of the molecule is [N-]=[N+]=NNNc1ccc(F)cc1. The van der Waals surface area contributed by atoms with Crippen LogP contribution in [-0.2, 0) is 0 Å². The Morgan fingerprint density at radius 2 is 2.00 bits per heavy atom. The van der Waals surface area contributed by atoms with Crippen molar-refractivity contribution in [3.8, 4) is 0 Å². The quantitative estimate of drug-likeness (QED) is 0.312. The van der Waals surface area contributed by atoms with Gasteiger partial charge in [0.1, 0.15) is 5.82 Å². The lowest BCUT2D eigenvalue weighted by molar-refractivity contribution is 0.628. The molecule has 0 saturated heterocycles. The van der Waals surface area contributed by atoms with Crippen LogP contribution in [0.2, 0.25) is 0 Å². The molecule has 0 aliphatic rings. The molecular formula is C6H6FN5. The van der Waals surface area contributed by atoms with Crippen molar-refractivity contribution in [2.45, 2.75) is 0 Å². The average molecular weight is 167 g/mol. The van der Waals surface area contributed by atoms with E-state index < -0.39 is 0 Å². The molecule has 0 spiro atoms. The predicted molar refractivity (Wildman–Crippen MR) is 42.3 cm³/mol. The van der Waals surface area contributed by atoms with Gasteiger partial charge in [-0.05, 0) is 24.3 Å². The Balaban J connectivity index is 2.53. The van der Waals surface area contributed by atoms with Crippen LogP contribution in [0.15, 0.2) is 29.5 Å². The number of hydrazine groups is 1. The van der Waals surface area contributed by atoms with Gasteiger partial charge >= 0.3 is 0 Å². The van der Waals surface area contributed by atoms with Crippen molar-refractivity contribution >= 4 is 5.69 Å². The third kappa shape index (κ3) is 2.36. The number of hydrogen-bond acceptors (Lipinski definition) is 2. The van der Waals surface area contributed by atoms with Gasteiger partial charge in [-0.2, -0.15) is 10.4 Å². The fourth-order valence-electron chi connectivity index (χ4n) is 0.645. The third-order valence-electron chi connectivity index (χ3n) is 1.14. The van der Waals surface area contributed by atoms with E-state index in [2.05, 4.69) is 21.1 Å². The van der Waals surface area contributed by atoms with E-state index >= 15 is 0 Å². The maximum Gasteiger partial charge on any atom is 0.123 e. The number of hydrogen-bond donors (Lipinski definition) is 2. The maximum absolute atomic E-state index is 12.3. The van der Waals surface area contributed by atoms with Crippen LogP contribution in [0.4, 0.5) is 10.1 Å². The zero-order valence-electron chi connectivity index (χ0n) is 6.03. The van der Waals surface area contributed by atoms with Crippen molar-refractivity contribution in [3.05, 3.63) is 40.5 Å². The highest BCUT2D eigenvalue weighted by molar-refractivity contribution is 5.41. The Bertz CT molecular complexity index is 289. The molecule has 0 radical (unpaired) electrons. The number of benzene rings is 1. The van der Waals surface area contributed by atoms with E-state index in [1.165, 1.54) is 24.3 Å². The molecule has 0 aromatic heterocycles. The van der Waals surface area contributed by atoms with Crippen molar-refractivity contribution in [1.29, 1.82) is 0 Å². The molecule has 5 nitrogen and oxygen atoms in total. The summed E-state index contributed by atoms with van der Waals surface area (Å²) in [7, 11) is 0. The van der Waals surface area contributed by atoms with Crippen LogP contribution in [0.25, 0.3) is 10.4 Å². The minimum atomic E-state index is -0.315. The van der Waals surface area contributed by atoms with Crippen LogP contribution in [-0.4, -0.2) is 0 Å². The molecule has 0 saturated carbocycles. The highest BCUT2D eigenvalue weighted by atomic mass is 19.1. The van der Waals surface area contributed by atoms with Crippen molar-refractivity contribution in [1.82, 2.24) is 5.53 Å². The highest BCUT2D eigenvalue weighted by Crippen LogP contribution is 2.06. The first-order chi connectivity index (χ1) is 5.83. The van der Waals surface area contributed by atoms with Gasteiger partial charge in [-0.3, -0.25) is 0 Å². The second-order valence-electron chi connectivity index (χ2n) is 1.93. The Labute approximate surface area is 67.8 Å². The lowest BCUT2D eigenvalue weighted by Crippen LogP contribution is -2.12. The predicted octanol–water partition coefficient (Wildman–Crippen LogP) is 1.97. The Morgan fingerprint density at radius 3 is 2.58 bits per heavy atom. The van der Waals surface area contributed by atoms with Crippen molar-refractivity contribution in [3.63, 3.8) is 0 Å². The second kappa shape index (κ2) is 4.05. The summed E-state index contributed by atoms with van der Waals surface area (Å²) in [5.74, 6) is -0.315. The second-order valence-corrected chi connectivity index (χ2v) is 1.93. The summed E-state index contributed by atoms with van der Waals surface area (Å²) >= 11 is 0. The molecule has 0 atom stereocenters. The molecule has 6 heteroatoms. The summed E-state index contributed by atoms with van der Waals surface area (Å²) in [5, 5.41) is 3.02. The molecule has 0 aliphatic carbocycles. The lowest BCUT2D eigenvalue weighted by atomic mass is 10.3. The Hall–Kier alpha value is -1.94. The average Bonchev–Trinajstić information content (AvgIpc) is 2.09. The van der Waals surface area contributed by atoms with Gasteiger partial charge in [-0.25, -0.2) is 9.82 Å². The molecule has 0 aliphatic heterocycles. The number of halogens is 1. The van der Waals surface area contributed by atoms with E-state index in [9.17, 15) is 4.39 Å². The molecule has 62 valence electrons. The van der Waals surface area contributed by atoms with E-state index in [0.29, 0.717) is 5.69 Å². The summed E-state index contributed by atoms with van der Waals surface area (Å²) in [6.07, 6.45) is 0. The van der Waals surface area contributed by atoms with E-state index in [-0.39, 0.29) is 5.82 Å². The van der Waals surface area contributed by atoms with Gasteiger partial charge < -0.3 is 0 Å². The molecule has 0 heterocycles. The standard InChI is InChI=1S/C6H6FN5/c7-5-1-3-6(4-2-5)9-11-12-10-8/h1-4,9,11H. The maximum atomic E-state index is 12.3. The Kier molecular flexibility index (Phi) is 2.75. The van der Waals surface area contributed by atoms with Crippen LogP contribution < -0.4 is 11.0 Å². The number of nitrogens with one attached hydrogen (secondary N) is 2. The first-order valence-electron chi connectivity index (χ1n) is 3.13. The molecule has 2 N–H and O–H groups in total. The first kappa shape index (κ1) is 8.16. The Morgan fingerprint density at radius 1 is 1.33 bits per heavy atom. The number of azide groups is 1.